The fourth-order valence-electron chi connectivity index (χ4n) is 2.97. The smallest absolute Gasteiger partial charge is 0.246 e. The van der Waals surface area contributed by atoms with Gasteiger partial charge in [-0.15, -0.1) is 0 Å². The highest BCUT2D eigenvalue weighted by atomic mass is 19.1. The lowest BCUT2D eigenvalue weighted by molar-refractivity contribution is -0.116. The minimum Gasteiger partial charge on any atom is -0.497 e. The quantitative estimate of drug-likeness (QED) is 0.360. The topological polar surface area (TPSA) is 117 Å². The van der Waals surface area contributed by atoms with Gasteiger partial charge in [0.1, 0.15) is 29.5 Å². The summed E-state index contributed by atoms with van der Waals surface area (Å²) in [6.07, 6.45) is 2.88. The van der Waals surface area contributed by atoms with E-state index in [9.17, 15) is 9.18 Å². The molecule has 0 unspecified atom stereocenters. The first-order valence-corrected chi connectivity index (χ1v) is 9.45. The highest BCUT2D eigenvalue weighted by Crippen LogP contribution is 2.28. The molecule has 0 aliphatic heterocycles. The van der Waals surface area contributed by atoms with Crippen molar-refractivity contribution in [2.45, 2.75) is 13.0 Å². The predicted molar refractivity (Wildman–Crippen MR) is 116 cm³/mol. The molecule has 0 fully saturated rings. The van der Waals surface area contributed by atoms with Crippen LogP contribution in [-0.2, 0) is 4.79 Å². The van der Waals surface area contributed by atoms with Crippen molar-refractivity contribution >= 4 is 40.0 Å². The molecule has 31 heavy (non-hydrogen) atoms. The zero-order valence-electron chi connectivity index (χ0n) is 16.8. The third-order valence-electron chi connectivity index (χ3n) is 4.55. The molecule has 0 saturated carbocycles. The molecule has 1 amide bonds. The molecule has 4 rings (SSSR count). The largest absolute Gasteiger partial charge is 0.497 e. The van der Waals surface area contributed by atoms with Gasteiger partial charge < -0.3 is 25.7 Å². The minimum atomic E-state index is -0.649. The first kappa shape index (κ1) is 20.1. The van der Waals surface area contributed by atoms with Crippen LogP contribution in [-0.4, -0.2) is 39.0 Å². The molecule has 2 aromatic carbocycles. The number of hydrogen-bond donors (Lipinski definition) is 4. The number of aromatic amines is 1. The van der Waals surface area contributed by atoms with E-state index in [4.69, 9.17) is 4.74 Å². The van der Waals surface area contributed by atoms with Crippen molar-refractivity contribution in [2.75, 3.05) is 23.1 Å². The lowest BCUT2D eigenvalue weighted by atomic mass is 10.2. The van der Waals surface area contributed by atoms with Crippen molar-refractivity contribution in [3.05, 3.63) is 60.9 Å². The molecule has 0 bridgehead atoms. The maximum atomic E-state index is 13.9. The summed E-state index contributed by atoms with van der Waals surface area (Å²) in [7, 11) is 1.57. The van der Waals surface area contributed by atoms with Gasteiger partial charge in [-0.25, -0.2) is 19.3 Å². The summed E-state index contributed by atoms with van der Waals surface area (Å²) in [5.74, 6) is 0.321. The molecule has 4 aromatic rings. The number of rotatable bonds is 7. The highest BCUT2D eigenvalue weighted by molar-refractivity contribution is 6.00. The number of halogens is 1. The first-order valence-electron chi connectivity index (χ1n) is 9.45. The number of fused-ring (bicyclic) bond motifs is 1. The molecular weight excluding hydrogens is 401 g/mol. The molecule has 0 spiro atoms. The summed E-state index contributed by atoms with van der Waals surface area (Å²) < 4.78 is 19.1. The zero-order valence-corrected chi connectivity index (χ0v) is 16.8. The van der Waals surface area contributed by atoms with Crippen molar-refractivity contribution in [1.29, 1.82) is 0 Å². The van der Waals surface area contributed by atoms with Gasteiger partial charge in [0.15, 0.2) is 11.5 Å². The van der Waals surface area contributed by atoms with Gasteiger partial charge in [-0.1, -0.05) is 6.07 Å². The van der Waals surface area contributed by atoms with Gasteiger partial charge in [-0.05, 0) is 37.3 Å². The SMILES string of the molecule is COc1cccc(Nc2cc(F)ccc2NC(=O)[C@H](C)Nc2ncnc3[nH]cnc23)c1. The maximum absolute atomic E-state index is 13.9. The van der Waals surface area contributed by atoms with Crippen LogP contribution in [0.3, 0.4) is 0 Å². The van der Waals surface area contributed by atoms with Crippen molar-refractivity contribution in [2.24, 2.45) is 0 Å². The Hall–Kier alpha value is -4.21. The van der Waals surface area contributed by atoms with Crippen LogP contribution in [0.5, 0.6) is 5.75 Å². The normalized spacial score (nSPS) is 11.7. The number of carbonyl (C=O) groups excluding carboxylic acids is 1. The molecule has 0 radical (unpaired) electrons. The van der Waals surface area contributed by atoms with Crippen LogP contribution in [0, 0.1) is 5.82 Å². The van der Waals surface area contributed by atoms with E-state index in [-0.39, 0.29) is 5.91 Å². The van der Waals surface area contributed by atoms with Crippen molar-refractivity contribution in [3.63, 3.8) is 0 Å². The predicted octanol–water partition coefficient (Wildman–Crippen LogP) is 3.68. The third kappa shape index (κ3) is 4.53. The molecule has 0 aliphatic rings. The van der Waals surface area contributed by atoms with E-state index in [1.54, 1.807) is 26.2 Å². The molecule has 158 valence electrons. The monoisotopic (exact) mass is 421 g/mol. The van der Waals surface area contributed by atoms with Crippen LogP contribution in [0.25, 0.3) is 11.2 Å². The van der Waals surface area contributed by atoms with Crippen LogP contribution in [0.2, 0.25) is 0 Å². The van der Waals surface area contributed by atoms with Crippen molar-refractivity contribution < 1.29 is 13.9 Å². The number of nitrogens with zero attached hydrogens (tertiary/aromatic N) is 3. The van der Waals surface area contributed by atoms with Crippen LogP contribution >= 0.6 is 0 Å². The van der Waals surface area contributed by atoms with Crippen LogP contribution in [0.4, 0.5) is 27.3 Å². The van der Waals surface area contributed by atoms with E-state index in [0.717, 1.165) is 0 Å². The third-order valence-corrected chi connectivity index (χ3v) is 4.55. The number of hydrogen-bond acceptors (Lipinski definition) is 7. The second-order valence-electron chi connectivity index (χ2n) is 6.72. The summed E-state index contributed by atoms with van der Waals surface area (Å²) in [6, 6.07) is 10.6. The Bertz CT molecular complexity index is 1230. The number of H-pyrrole nitrogens is 1. The number of aromatic nitrogens is 4. The van der Waals surface area contributed by atoms with E-state index in [1.165, 1.54) is 30.9 Å². The van der Waals surface area contributed by atoms with E-state index in [2.05, 4.69) is 35.9 Å². The lowest BCUT2D eigenvalue weighted by Gasteiger charge is -2.17. The van der Waals surface area contributed by atoms with Gasteiger partial charge in [-0.3, -0.25) is 4.79 Å². The summed E-state index contributed by atoms with van der Waals surface area (Å²) in [6.45, 7) is 1.69. The average Bonchev–Trinajstić information content (AvgIpc) is 3.25. The average molecular weight is 421 g/mol. The number of imidazole rings is 1. The van der Waals surface area contributed by atoms with E-state index in [0.29, 0.717) is 39.8 Å². The summed E-state index contributed by atoms with van der Waals surface area (Å²) in [5, 5.41) is 8.96. The summed E-state index contributed by atoms with van der Waals surface area (Å²) in [4.78, 5) is 28.1. The zero-order chi connectivity index (χ0) is 21.8. The van der Waals surface area contributed by atoms with Gasteiger partial charge >= 0.3 is 0 Å². The number of carbonyl (C=O) groups is 1. The van der Waals surface area contributed by atoms with E-state index < -0.39 is 11.9 Å². The molecule has 10 heteroatoms. The molecule has 2 aromatic heterocycles. The number of amides is 1. The lowest BCUT2D eigenvalue weighted by Crippen LogP contribution is -2.32. The number of nitrogens with one attached hydrogen (secondary N) is 4. The van der Waals surface area contributed by atoms with Crippen LogP contribution in [0.15, 0.2) is 55.1 Å². The molecule has 1 atom stereocenters. The maximum Gasteiger partial charge on any atom is 0.246 e. The Morgan fingerprint density at radius 3 is 2.84 bits per heavy atom. The fourth-order valence-corrected chi connectivity index (χ4v) is 2.97. The van der Waals surface area contributed by atoms with E-state index >= 15 is 0 Å². The summed E-state index contributed by atoms with van der Waals surface area (Å²) in [5.41, 5.74) is 2.62. The van der Waals surface area contributed by atoms with Gasteiger partial charge in [0.05, 0.1) is 24.8 Å². The van der Waals surface area contributed by atoms with E-state index in [1.807, 2.05) is 12.1 Å². The number of anilines is 4. The van der Waals surface area contributed by atoms with Crippen molar-refractivity contribution in [1.82, 2.24) is 19.9 Å². The highest BCUT2D eigenvalue weighted by Gasteiger charge is 2.17. The van der Waals surface area contributed by atoms with Gasteiger partial charge in [0, 0.05) is 11.8 Å². The molecule has 4 N–H and O–H groups in total. The number of methoxy groups -OCH3 is 1. The Morgan fingerprint density at radius 2 is 2.00 bits per heavy atom. The number of benzene rings is 2. The first-order chi connectivity index (χ1) is 15.0. The van der Waals surface area contributed by atoms with Crippen LogP contribution in [0.1, 0.15) is 6.92 Å². The molecule has 9 nitrogen and oxygen atoms in total. The van der Waals surface area contributed by atoms with Gasteiger partial charge in [0.25, 0.3) is 0 Å². The van der Waals surface area contributed by atoms with Crippen LogP contribution < -0.4 is 20.7 Å². The van der Waals surface area contributed by atoms with Gasteiger partial charge in [-0.2, -0.15) is 0 Å². The Balaban J connectivity index is 1.51. The Labute approximate surface area is 177 Å². The molecule has 0 saturated heterocycles. The fraction of sp³-hybridized carbons (Fsp3) is 0.143. The van der Waals surface area contributed by atoms with Crippen molar-refractivity contribution in [3.8, 4) is 5.75 Å². The molecular formula is C21H20FN7O2. The molecule has 2 heterocycles. The summed E-state index contributed by atoms with van der Waals surface area (Å²) >= 11 is 0. The Morgan fingerprint density at radius 1 is 1.13 bits per heavy atom. The standard InChI is InChI=1S/C21H20FN7O2/c1-12(27-20-18-19(24-10-23-18)25-11-26-20)21(30)29-16-7-6-13(22)8-17(16)28-14-4-3-5-15(9-14)31-2/h3-12,28H,1-2H3,(H,29,30)(H2,23,24,25,26,27)/t12-/m0/s1. The second kappa shape index (κ2) is 8.66. The minimum absolute atomic E-state index is 0.331. The van der Waals surface area contributed by atoms with Gasteiger partial charge in [0.2, 0.25) is 5.91 Å². The molecule has 0 aliphatic carbocycles. The Kier molecular flexibility index (Phi) is 5.61. The second-order valence-corrected chi connectivity index (χ2v) is 6.72. The number of ether oxygens (including phenoxy) is 1.